The fraction of sp³-hybridized carbons (Fsp3) is 0.391. The van der Waals surface area contributed by atoms with Gasteiger partial charge < -0.3 is 10.2 Å². The van der Waals surface area contributed by atoms with Gasteiger partial charge in [-0.3, -0.25) is 14.0 Å². The van der Waals surface area contributed by atoms with E-state index in [1.54, 1.807) is 6.20 Å². The molecule has 156 valence electrons. The van der Waals surface area contributed by atoms with Crippen LogP contribution < -0.4 is 5.32 Å². The number of carbonyl (C=O) groups is 2. The highest BCUT2D eigenvalue weighted by Gasteiger charge is 2.32. The number of nitrogens with one attached hydrogen (secondary N) is 1. The van der Waals surface area contributed by atoms with Crippen LogP contribution in [0.5, 0.6) is 0 Å². The summed E-state index contributed by atoms with van der Waals surface area (Å²) in [6, 6.07) is 9.54. The molecule has 0 saturated carbocycles. The molecule has 2 aromatic heterocycles. The average Bonchev–Trinajstić information content (AvgIpc) is 3.17. The van der Waals surface area contributed by atoms with Crippen LogP contribution in [0.2, 0.25) is 0 Å². The van der Waals surface area contributed by atoms with E-state index in [1.807, 2.05) is 72.8 Å². The molecule has 0 radical (unpaired) electrons. The van der Waals surface area contributed by atoms with Crippen molar-refractivity contribution in [1.29, 1.82) is 0 Å². The molecule has 0 spiro atoms. The predicted octanol–water partition coefficient (Wildman–Crippen LogP) is 3.62. The lowest BCUT2D eigenvalue weighted by molar-refractivity contribution is -0.142. The molecule has 30 heavy (non-hydrogen) atoms. The zero-order chi connectivity index (χ0) is 21.3. The lowest BCUT2D eigenvalue weighted by atomic mass is 9.90. The molecule has 1 aliphatic heterocycles. The number of imidazole rings is 1. The van der Waals surface area contributed by atoms with Gasteiger partial charge in [0, 0.05) is 54.3 Å². The molecule has 0 aliphatic carbocycles. The third kappa shape index (κ3) is 4.20. The zero-order valence-electron chi connectivity index (χ0n) is 17.6. The van der Waals surface area contributed by atoms with Crippen molar-refractivity contribution in [2.24, 2.45) is 11.3 Å². The average molecular weight is 406 g/mol. The Morgan fingerprint density at radius 1 is 1.10 bits per heavy atom. The lowest BCUT2D eigenvalue weighted by Gasteiger charge is -2.35. The fourth-order valence-electron chi connectivity index (χ4n) is 3.76. The molecule has 0 bridgehead atoms. The number of piperidine rings is 1. The van der Waals surface area contributed by atoms with E-state index < -0.39 is 0 Å². The van der Waals surface area contributed by atoms with E-state index in [-0.39, 0.29) is 23.1 Å². The second-order valence-corrected chi connectivity index (χ2v) is 8.84. The van der Waals surface area contributed by atoms with Crippen LogP contribution in [-0.4, -0.2) is 44.2 Å². The second-order valence-electron chi connectivity index (χ2n) is 8.84. The molecule has 0 unspecified atom stereocenters. The van der Waals surface area contributed by atoms with Crippen LogP contribution in [0.1, 0.15) is 33.6 Å². The van der Waals surface area contributed by atoms with Crippen molar-refractivity contribution >= 4 is 23.3 Å². The standard InChI is InChI=1S/C23H27N5O2/c1-23(2,3)21(30)27-13-9-17(10-14-27)20(29)25-18-7-5-16(6-8-18)19-15-28-12-4-11-24-22(28)26-19/h4-8,11-12,15,17H,9-10,13-14H2,1-3H3,(H,25,29). The number of aromatic nitrogens is 3. The summed E-state index contributed by atoms with van der Waals surface area (Å²) in [5.74, 6) is 0.751. The molecular weight excluding hydrogens is 378 g/mol. The molecule has 1 aromatic carbocycles. The third-order valence-electron chi connectivity index (χ3n) is 5.48. The Labute approximate surface area is 176 Å². The molecule has 3 aromatic rings. The van der Waals surface area contributed by atoms with E-state index in [2.05, 4.69) is 15.3 Å². The Hall–Kier alpha value is -3.22. The summed E-state index contributed by atoms with van der Waals surface area (Å²) in [4.78, 5) is 35.7. The zero-order valence-corrected chi connectivity index (χ0v) is 17.6. The van der Waals surface area contributed by atoms with Crippen molar-refractivity contribution in [1.82, 2.24) is 19.3 Å². The van der Waals surface area contributed by atoms with Crippen molar-refractivity contribution in [3.63, 3.8) is 0 Å². The number of hydrogen-bond donors (Lipinski definition) is 1. The number of carbonyl (C=O) groups excluding carboxylic acids is 2. The van der Waals surface area contributed by atoms with Gasteiger partial charge in [-0.05, 0) is 31.0 Å². The highest BCUT2D eigenvalue weighted by Crippen LogP contribution is 2.25. The van der Waals surface area contributed by atoms with Crippen LogP contribution >= 0.6 is 0 Å². The van der Waals surface area contributed by atoms with Crippen LogP contribution in [-0.2, 0) is 9.59 Å². The number of hydrogen-bond acceptors (Lipinski definition) is 4. The molecular formula is C23H27N5O2. The molecule has 2 amide bonds. The summed E-state index contributed by atoms with van der Waals surface area (Å²) in [7, 11) is 0. The minimum Gasteiger partial charge on any atom is -0.342 e. The molecule has 7 heteroatoms. The molecule has 3 heterocycles. The van der Waals surface area contributed by atoms with Crippen molar-refractivity contribution in [2.75, 3.05) is 18.4 Å². The van der Waals surface area contributed by atoms with Crippen molar-refractivity contribution < 1.29 is 9.59 Å². The quantitative estimate of drug-likeness (QED) is 0.722. The highest BCUT2D eigenvalue weighted by molar-refractivity contribution is 5.93. The first kappa shape index (κ1) is 20.1. The van der Waals surface area contributed by atoms with Crippen molar-refractivity contribution in [3.05, 3.63) is 48.9 Å². The van der Waals surface area contributed by atoms with Gasteiger partial charge in [0.15, 0.2) is 0 Å². The molecule has 1 N–H and O–H groups in total. The predicted molar refractivity (Wildman–Crippen MR) is 116 cm³/mol. The van der Waals surface area contributed by atoms with Crippen LogP contribution in [0.4, 0.5) is 5.69 Å². The van der Waals surface area contributed by atoms with Gasteiger partial charge >= 0.3 is 0 Å². The number of likely N-dealkylation sites (tertiary alicyclic amines) is 1. The summed E-state index contributed by atoms with van der Waals surface area (Å²) in [5, 5.41) is 3.01. The minimum absolute atomic E-state index is 0.0162. The maximum absolute atomic E-state index is 12.7. The van der Waals surface area contributed by atoms with E-state index in [0.717, 1.165) is 16.9 Å². The largest absolute Gasteiger partial charge is 0.342 e. The number of fused-ring (bicyclic) bond motifs is 1. The van der Waals surface area contributed by atoms with Gasteiger partial charge in [0.05, 0.1) is 5.69 Å². The Kier molecular flexibility index (Phi) is 5.28. The van der Waals surface area contributed by atoms with Gasteiger partial charge in [-0.2, -0.15) is 0 Å². The maximum Gasteiger partial charge on any atom is 0.234 e. The van der Waals surface area contributed by atoms with Gasteiger partial charge in [0.25, 0.3) is 0 Å². The SMILES string of the molecule is CC(C)(C)C(=O)N1CCC(C(=O)Nc2ccc(-c3cn4cccnc4n3)cc2)CC1. The smallest absolute Gasteiger partial charge is 0.234 e. The molecule has 1 aliphatic rings. The van der Waals surface area contributed by atoms with Crippen LogP contribution in [0.3, 0.4) is 0 Å². The van der Waals surface area contributed by atoms with E-state index >= 15 is 0 Å². The number of benzene rings is 1. The van der Waals surface area contributed by atoms with E-state index in [4.69, 9.17) is 0 Å². The number of amides is 2. The van der Waals surface area contributed by atoms with Gasteiger partial charge in [0.2, 0.25) is 17.6 Å². The van der Waals surface area contributed by atoms with E-state index in [9.17, 15) is 9.59 Å². The Bertz CT molecular complexity index is 1020. The summed E-state index contributed by atoms with van der Waals surface area (Å²) >= 11 is 0. The Morgan fingerprint density at radius 3 is 2.43 bits per heavy atom. The first-order valence-electron chi connectivity index (χ1n) is 10.3. The summed E-state index contributed by atoms with van der Waals surface area (Å²) in [6.45, 7) is 7.06. The summed E-state index contributed by atoms with van der Waals surface area (Å²) in [5.41, 5.74) is 2.18. The molecule has 1 saturated heterocycles. The molecule has 0 atom stereocenters. The van der Waals surface area contributed by atoms with Gasteiger partial charge in [-0.25, -0.2) is 9.97 Å². The van der Waals surface area contributed by atoms with Gasteiger partial charge in [-0.1, -0.05) is 32.9 Å². The van der Waals surface area contributed by atoms with E-state index in [0.29, 0.717) is 31.7 Å². The van der Waals surface area contributed by atoms with Gasteiger partial charge in [0.1, 0.15) is 0 Å². The number of nitrogens with zero attached hydrogens (tertiary/aromatic N) is 4. The fourth-order valence-corrected chi connectivity index (χ4v) is 3.76. The summed E-state index contributed by atoms with van der Waals surface area (Å²) < 4.78 is 1.88. The lowest BCUT2D eigenvalue weighted by Crippen LogP contribution is -2.45. The summed E-state index contributed by atoms with van der Waals surface area (Å²) in [6.07, 6.45) is 6.95. The van der Waals surface area contributed by atoms with Crippen LogP contribution in [0.15, 0.2) is 48.9 Å². The molecule has 4 rings (SSSR count). The first-order valence-corrected chi connectivity index (χ1v) is 10.3. The second kappa shape index (κ2) is 7.89. The van der Waals surface area contributed by atoms with Crippen LogP contribution in [0, 0.1) is 11.3 Å². The van der Waals surface area contributed by atoms with Crippen molar-refractivity contribution in [2.45, 2.75) is 33.6 Å². The van der Waals surface area contributed by atoms with Crippen LogP contribution in [0.25, 0.3) is 17.0 Å². The molecule has 1 fully saturated rings. The van der Waals surface area contributed by atoms with Gasteiger partial charge in [-0.15, -0.1) is 0 Å². The van der Waals surface area contributed by atoms with Crippen molar-refractivity contribution in [3.8, 4) is 11.3 Å². The van der Waals surface area contributed by atoms with E-state index in [1.165, 1.54) is 0 Å². The number of anilines is 1. The monoisotopic (exact) mass is 405 g/mol. The first-order chi connectivity index (χ1) is 14.3. The highest BCUT2D eigenvalue weighted by atomic mass is 16.2. The topological polar surface area (TPSA) is 79.6 Å². The minimum atomic E-state index is -0.381. The third-order valence-corrected chi connectivity index (χ3v) is 5.48. The Balaban J connectivity index is 1.36. The normalized spacial score (nSPS) is 15.4. The number of rotatable bonds is 3. The molecule has 7 nitrogen and oxygen atoms in total. The Morgan fingerprint density at radius 2 is 1.80 bits per heavy atom. The maximum atomic E-state index is 12.7.